The maximum absolute atomic E-state index is 13.6. The van der Waals surface area contributed by atoms with Gasteiger partial charge in [0.15, 0.2) is 10.2 Å². The highest BCUT2D eigenvalue weighted by atomic mass is 32.1. The summed E-state index contributed by atoms with van der Waals surface area (Å²) in [6.07, 6.45) is 3.38. The van der Waals surface area contributed by atoms with E-state index in [-0.39, 0.29) is 10.8 Å². The Balaban J connectivity index is 1.78. The normalized spacial score (nSPS) is 10.1. The van der Waals surface area contributed by atoms with Gasteiger partial charge in [-0.2, -0.15) is 0 Å². The van der Waals surface area contributed by atoms with Crippen LogP contribution in [0.4, 0.5) is 20.2 Å². The van der Waals surface area contributed by atoms with Crippen molar-refractivity contribution in [3.05, 3.63) is 59.7 Å². The highest BCUT2D eigenvalue weighted by molar-refractivity contribution is 7.81. The Kier molecular flexibility index (Phi) is 7.68. The van der Waals surface area contributed by atoms with E-state index in [1.165, 1.54) is 11.6 Å². The van der Waals surface area contributed by atoms with E-state index in [2.05, 4.69) is 40.5 Å². The first-order valence-electron chi connectivity index (χ1n) is 8.16. The number of rotatable bonds is 5. The number of aryl methyl sites for hydroxylation is 1. The lowest BCUT2D eigenvalue weighted by Crippen LogP contribution is -2.45. The Labute approximate surface area is 162 Å². The molecule has 8 heteroatoms. The summed E-state index contributed by atoms with van der Waals surface area (Å²) in [6.45, 7) is 2.16. The lowest BCUT2D eigenvalue weighted by Gasteiger charge is -2.15. The van der Waals surface area contributed by atoms with Crippen LogP contribution in [0, 0.1) is 11.6 Å². The SMILES string of the molecule is CCCCc1ccc(NC(=S)NNC(=S)Nc2ccc(F)cc2F)cc1. The highest BCUT2D eigenvalue weighted by Crippen LogP contribution is 2.14. The van der Waals surface area contributed by atoms with Crippen molar-refractivity contribution in [3.63, 3.8) is 0 Å². The van der Waals surface area contributed by atoms with Gasteiger partial charge in [-0.15, -0.1) is 0 Å². The minimum atomic E-state index is -0.738. The average Bonchev–Trinajstić information content (AvgIpc) is 2.62. The molecular formula is C18H20F2N4S2. The number of halogens is 2. The van der Waals surface area contributed by atoms with Crippen LogP contribution in [-0.4, -0.2) is 10.2 Å². The van der Waals surface area contributed by atoms with Crippen LogP contribution in [-0.2, 0) is 6.42 Å². The quantitative estimate of drug-likeness (QED) is 0.443. The van der Waals surface area contributed by atoms with E-state index in [9.17, 15) is 8.78 Å². The van der Waals surface area contributed by atoms with Crippen molar-refractivity contribution >= 4 is 46.0 Å². The predicted octanol–water partition coefficient (Wildman–Crippen LogP) is 4.50. The lowest BCUT2D eigenvalue weighted by molar-refractivity contribution is 0.586. The summed E-state index contributed by atoms with van der Waals surface area (Å²) in [6, 6.07) is 11.2. The van der Waals surface area contributed by atoms with E-state index in [0.717, 1.165) is 37.1 Å². The molecule has 4 nitrogen and oxygen atoms in total. The van der Waals surface area contributed by atoms with Gasteiger partial charge < -0.3 is 10.6 Å². The zero-order valence-electron chi connectivity index (χ0n) is 14.2. The Hall–Kier alpha value is -2.32. The van der Waals surface area contributed by atoms with Gasteiger partial charge in [0.2, 0.25) is 0 Å². The van der Waals surface area contributed by atoms with Crippen LogP contribution in [0.1, 0.15) is 25.3 Å². The van der Waals surface area contributed by atoms with Gasteiger partial charge in [0.1, 0.15) is 11.6 Å². The first-order valence-corrected chi connectivity index (χ1v) is 8.97. The van der Waals surface area contributed by atoms with Gasteiger partial charge in [-0.05, 0) is 67.1 Å². The second-order valence-corrected chi connectivity index (χ2v) is 6.40. The molecule has 0 heterocycles. The van der Waals surface area contributed by atoms with Crippen LogP contribution < -0.4 is 21.5 Å². The first-order chi connectivity index (χ1) is 12.5. The van der Waals surface area contributed by atoms with Crippen LogP contribution in [0.25, 0.3) is 0 Å². The molecule has 2 aromatic rings. The number of hydrazine groups is 1. The fourth-order valence-corrected chi connectivity index (χ4v) is 2.49. The van der Waals surface area contributed by atoms with Crippen molar-refractivity contribution in [2.45, 2.75) is 26.2 Å². The molecule has 2 rings (SSSR count). The van der Waals surface area contributed by atoms with E-state index < -0.39 is 11.6 Å². The largest absolute Gasteiger partial charge is 0.331 e. The number of anilines is 2. The molecule has 0 unspecified atom stereocenters. The van der Waals surface area contributed by atoms with Crippen molar-refractivity contribution < 1.29 is 8.78 Å². The molecule has 0 aliphatic rings. The van der Waals surface area contributed by atoms with Crippen LogP contribution in [0.5, 0.6) is 0 Å². The fourth-order valence-electron chi connectivity index (χ4n) is 2.16. The number of hydrogen-bond acceptors (Lipinski definition) is 2. The number of unbranched alkanes of at least 4 members (excludes halogenated alkanes) is 1. The summed E-state index contributed by atoms with van der Waals surface area (Å²) in [4.78, 5) is 0. The maximum atomic E-state index is 13.6. The van der Waals surface area contributed by atoms with E-state index in [0.29, 0.717) is 5.11 Å². The first kappa shape index (κ1) is 20.0. The Bertz CT molecular complexity index is 766. The van der Waals surface area contributed by atoms with Gasteiger partial charge >= 0.3 is 0 Å². The van der Waals surface area contributed by atoms with Crippen LogP contribution in [0.15, 0.2) is 42.5 Å². The molecule has 0 aliphatic heterocycles. The number of nitrogens with one attached hydrogen (secondary N) is 4. The predicted molar refractivity (Wildman–Crippen MR) is 110 cm³/mol. The standard InChI is InChI=1S/C18H20F2N4S2/c1-2-3-4-12-5-8-14(9-6-12)21-17(25)23-24-18(26)22-16-10-7-13(19)11-15(16)20/h5-11H,2-4H2,1H3,(H2,21,23,25)(H2,22,24,26). The third kappa shape index (κ3) is 6.53. The molecule has 0 bridgehead atoms. The highest BCUT2D eigenvalue weighted by Gasteiger charge is 2.06. The van der Waals surface area contributed by atoms with Crippen molar-refractivity contribution in [3.8, 4) is 0 Å². The molecular weight excluding hydrogens is 374 g/mol. The second kappa shape index (κ2) is 9.98. The van der Waals surface area contributed by atoms with Crippen molar-refractivity contribution in [2.24, 2.45) is 0 Å². The summed E-state index contributed by atoms with van der Waals surface area (Å²) < 4.78 is 26.4. The van der Waals surface area contributed by atoms with Crippen molar-refractivity contribution in [2.75, 3.05) is 10.6 Å². The summed E-state index contributed by atoms with van der Waals surface area (Å²) in [5, 5.41) is 6.02. The molecule has 0 saturated carbocycles. The topological polar surface area (TPSA) is 48.1 Å². The smallest absolute Gasteiger partial charge is 0.189 e. The van der Waals surface area contributed by atoms with E-state index in [1.807, 2.05) is 12.1 Å². The zero-order valence-corrected chi connectivity index (χ0v) is 15.9. The molecule has 0 spiro atoms. The molecule has 4 N–H and O–H groups in total. The molecule has 0 atom stereocenters. The minimum Gasteiger partial charge on any atom is -0.331 e. The number of thiocarbonyl (C=S) groups is 2. The summed E-state index contributed by atoms with van der Waals surface area (Å²) >= 11 is 10.2. The Morgan fingerprint density at radius 3 is 2.19 bits per heavy atom. The van der Waals surface area contributed by atoms with E-state index in [4.69, 9.17) is 24.4 Å². The van der Waals surface area contributed by atoms with Crippen LogP contribution in [0.3, 0.4) is 0 Å². The molecule has 0 aromatic heterocycles. The van der Waals surface area contributed by atoms with Crippen molar-refractivity contribution in [1.82, 2.24) is 10.9 Å². The molecule has 0 fully saturated rings. The maximum Gasteiger partial charge on any atom is 0.189 e. The third-order valence-corrected chi connectivity index (χ3v) is 3.91. The van der Waals surface area contributed by atoms with Crippen LogP contribution >= 0.6 is 24.4 Å². The van der Waals surface area contributed by atoms with Gasteiger partial charge in [-0.25, -0.2) is 8.78 Å². The van der Waals surface area contributed by atoms with Gasteiger partial charge in [0, 0.05) is 11.8 Å². The fraction of sp³-hybridized carbons (Fsp3) is 0.222. The zero-order chi connectivity index (χ0) is 18.9. The number of hydrogen-bond donors (Lipinski definition) is 4. The van der Waals surface area contributed by atoms with Crippen LogP contribution in [0.2, 0.25) is 0 Å². The molecule has 0 saturated heterocycles. The van der Waals surface area contributed by atoms with Gasteiger partial charge in [-0.1, -0.05) is 25.5 Å². The second-order valence-electron chi connectivity index (χ2n) is 5.58. The molecule has 0 radical (unpaired) electrons. The van der Waals surface area contributed by atoms with Gasteiger partial charge in [0.25, 0.3) is 0 Å². The van der Waals surface area contributed by atoms with Crippen molar-refractivity contribution in [1.29, 1.82) is 0 Å². The summed E-state index contributed by atoms with van der Waals surface area (Å²) in [5.74, 6) is -1.39. The third-order valence-electron chi connectivity index (χ3n) is 3.50. The number of benzene rings is 2. The van der Waals surface area contributed by atoms with E-state index in [1.54, 1.807) is 0 Å². The van der Waals surface area contributed by atoms with E-state index >= 15 is 0 Å². The average molecular weight is 395 g/mol. The van der Waals surface area contributed by atoms with Gasteiger partial charge in [0.05, 0.1) is 5.69 Å². The summed E-state index contributed by atoms with van der Waals surface area (Å²) in [5.41, 5.74) is 7.52. The minimum absolute atomic E-state index is 0.0623. The monoisotopic (exact) mass is 394 g/mol. The molecule has 2 aromatic carbocycles. The summed E-state index contributed by atoms with van der Waals surface area (Å²) in [7, 11) is 0. The molecule has 138 valence electrons. The Morgan fingerprint density at radius 1 is 0.923 bits per heavy atom. The van der Waals surface area contributed by atoms with Gasteiger partial charge in [-0.3, -0.25) is 10.9 Å². The molecule has 0 aliphatic carbocycles. The lowest BCUT2D eigenvalue weighted by atomic mass is 10.1. The molecule has 0 amide bonds. The molecule has 26 heavy (non-hydrogen) atoms. The Morgan fingerprint density at radius 2 is 1.58 bits per heavy atom.